The van der Waals surface area contributed by atoms with E-state index in [4.69, 9.17) is 0 Å². The van der Waals surface area contributed by atoms with Crippen LogP contribution >= 0.6 is 0 Å². The monoisotopic (exact) mass is 301 g/mol. The Kier molecular flexibility index (Phi) is 3.76. The molecule has 1 saturated heterocycles. The highest BCUT2D eigenvalue weighted by atomic mass is 16.2. The molecule has 1 aliphatic rings. The molecule has 0 spiro atoms. The van der Waals surface area contributed by atoms with Crippen LogP contribution in [0.25, 0.3) is 0 Å². The first-order chi connectivity index (χ1) is 10.5. The largest absolute Gasteiger partial charge is 0.338 e. The van der Waals surface area contributed by atoms with Gasteiger partial charge in [0.25, 0.3) is 5.91 Å². The van der Waals surface area contributed by atoms with Gasteiger partial charge in [0, 0.05) is 45.0 Å². The summed E-state index contributed by atoms with van der Waals surface area (Å²) in [7, 11) is 2.02. The molecule has 0 bridgehead atoms. The van der Waals surface area contributed by atoms with Crippen LogP contribution in [0.5, 0.6) is 0 Å². The molecule has 6 nitrogen and oxygen atoms in total. The Morgan fingerprint density at radius 2 is 2.14 bits per heavy atom. The number of aromatic nitrogens is 4. The summed E-state index contributed by atoms with van der Waals surface area (Å²) in [4.78, 5) is 19.2. The highest BCUT2D eigenvalue weighted by Crippen LogP contribution is 2.27. The van der Waals surface area contributed by atoms with E-state index in [1.54, 1.807) is 0 Å². The van der Waals surface area contributed by atoms with Gasteiger partial charge >= 0.3 is 0 Å². The van der Waals surface area contributed by atoms with Crippen molar-refractivity contribution in [3.05, 3.63) is 35.2 Å². The van der Waals surface area contributed by atoms with Gasteiger partial charge in [-0.2, -0.15) is 5.10 Å². The van der Waals surface area contributed by atoms with Gasteiger partial charge in [0.15, 0.2) is 0 Å². The van der Waals surface area contributed by atoms with Crippen molar-refractivity contribution in [3.8, 4) is 0 Å². The Balaban J connectivity index is 1.76. The summed E-state index contributed by atoms with van der Waals surface area (Å²) in [6.45, 7) is 8.23. The molecule has 3 rings (SSSR count). The summed E-state index contributed by atoms with van der Waals surface area (Å²) >= 11 is 0. The van der Waals surface area contributed by atoms with Crippen LogP contribution in [0.2, 0.25) is 0 Å². The van der Waals surface area contributed by atoms with Crippen LogP contribution in [0, 0.1) is 13.8 Å². The minimum Gasteiger partial charge on any atom is -0.338 e. The number of nitrogens with zero attached hydrogens (tertiary/aromatic N) is 5. The van der Waals surface area contributed by atoms with Gasteiger partial charge in [0.1, 0.15) is 5.82 Å². The lowest BCUT2D eigenvalue weighted by atomic mass is 10.1. The van der Waals surface area contributed by atoms with E-state index in [1.807, 2.05) is 49.8 Å². The van der Waals surface area contributed by atoms with E-state index < -0.39 is 0 Å². The Labute approximate surface area is 130 Å². The number of hydrogen-bond acceptors (Lipinski definition) is 3. The average molecular weight is 301 g/mol. The molecule has 22 heavy (non-hydrogen) atoms. The first-order valence-corrected chi connectivity index (χ1v) is 7.82. The van der Waals surface area contributed by atoms with Crippen LogP contribution in [0.3, 0.4) is 0 Å². The van der Waals surface area contributed by atoms with Gasteiger partial charge in [-0.25, -0.2) is 4.98 Å². The second-order valence-corrected chi connectivity index (χ2v) is 6.07. The quantitative estimate of drug-likeness (QED) is 0.870. The molecule has 0 unspecified atom stereocenters. The second-order valence-electron chi connectivity index (χ2n) is 6.07. The van der Waals surface area contributed by atoms with Crippen molar-refractivity contribution in [2.24, 2.45) is 7.05 Å². The third-order valence-electron chi connectivity index (χ3n) is 4.37. The molecule has 3 heterocycles. The Bertz CT molecular complexity index is 699. The standard InChI is InChI=1S/C16H23N5O/c1-5-21-10-14(12(3)18-21)16(22)20-7-6-13(9-20)15-17-11(2)8-19(15)4/h8,10,13H,5-7,9H2,1-4H3/t13-/m1/s1. The summed E-state index contributed by atoms with van der Waals surface area (Å²) in [5.41, 5.74) is 2.56. The summed E-state index contributed by atoms with van der Waals surface area (Å²) in [5.74, 6) is 1.49. The molecular weight excluding hydrogens is 278 g/mol. The fourth-order valence-corrected chi connectivity index (χ4v) is 3.23. The second kappa shape index (κ2) is 5.59. The van der Waals surface area contributed by atoms with Crippen molar-refractivity contribution in [1.82, 2.24) is 24.2 Å². The number of hydrogen-bond donors (Lipinski definition) is 0. The van der Waals surface area contributed by atoms with Crippen molar-refractivity contribution in [2.45, 2.75) is 39.7 Å². The third-order valence-corrected chi connectivity index (χ3v) is 4.37. The fraction of sp³-hybridized carbons (Fsp3) is 0.562. The number of rotatable bonds is 3. The van der Waals surface area contributed by atoms with Gasteiger partial charge < -0.3 is 9.47 Å². The maximum absolute atomic E-state index is 12.7. The predicted molar refractivity (Wildman–Crippen MR) is 83.8 cm³/mol. The van der Waals surface area contributed by atoms with Crippen LogP contribution in [0.1, 0.15) is 46.8 Å². The number of carbonyl (C=O) groups excluding carboxylic acids is 1. The zero-order chi connectivity index (χ0) is 15.9. The van der Waals surface area contributed by atoms with E-state index >= 15 is 0 Å². The first-order valence-electron chi connectivity index (χ1n) is 7.82. The molecule has 1 aliphatic heterocycles. The van der Waals surface area contributed by atoms with Crippen molar-refractivity contribution < 1.29 is 4.79 Å². The number of imidazole rings is 1. The van der Waals surface area contributed by atoms with E-state index in [0.29, 0.717) is 5.92 Å². The van der Waals surface area contributed by atoms with Gasteiger partial charge in [0.2, 0.25) is 0 Å². The lowest BCUT2D eigenvalue weighted by Gasteiger charge is -2.16. The van der Waals surface area contributed by atoms with E-state index in [9.17, 15) is 4.79 Å². The molecule has 0 saturated carbocycles. The number of amides is 1. The summed E-state index contributed by atoms with van der Waals surface area (Å²) in [6.07, 6.45) is 4.86. The maximum atomic E-state index is 12.7. The minimum absolute atomic E-state index is 0.0885. The smallest absolute Gasteiger partial charge is 0.257 e. The number of carbonyl (C=O) groups is 1. The number of aryl methyl sites for hydroxylation is 4. The molecule has 1 atom stereocenters. The Morgan fingerprint density at radius 1 is 1.36 bits per heavy atom. The van der Waals surface area contributed by atoms with Crippen molar-refractivity contribution in [1.29, 1.82) is 0 Å². The fourth-order valence-electron chi connectivity index (χ4n) is 3.23. The molecule has 0 aliphatic carbocycles. The van der Waals surface area contributed by atoms with Gasteiger partial charge in [-0.05, 0) is 27.2 Å². The zero-order valence-corrected chi connectivity index (χ0v) is 13.7. The summed E-state index contributed by atoms with van der Waals surface area (Å²) < 4.78 is 3.90. The molecule has 2 aromatic heterocycles. The maximum Gasteiger partial charge on any atom is 0.257 e. The molecule has 1 amide bonds. The van der Waals surface area contributed by atoms with Gasteiger partial charge in [-0.1, -0.05) is 0 Å². The number of likely N-dealkylation sites (tertiary alicyclic amines) is 1. The molecule has 1 fully saturated rings. The van der Waals surface area contributed by atoms with E-state index in [1.165, 1.54) is 0 Å². The summed E-state index contributed by atoms with van der Waals surface area (Å²) in [5, 5.41) is 4.37. The molecule has 118 valence electrons. The van der Waals surface area contributed by atoms with Gasteiger partial charge in [-0.3, -0.25) is 9.48 Å². The normalized spacial score (nSPS) is 18.2. The van der Waals surface area contributed by atoms with E-state index in [0.717, 1.165) is 48.8 Å². The molecule has 6 heteroatoms. The minimum atomic E-state index is 0.0885. The van der Waals surface area contributed by atoms with Crippen molar-refractivity contribution in [3.63, 3.8) is 0 Å². The van der Waals surface area contributed by atoms with Crippen LogP contribution < -0.4 is 0 Å². The Morgan fingerprint density at radius 3 is 2.73 bits per heavy atom. The van der Waals surface area contributed by atoms with E-state index in [2.05, 4.69) is 14.6 Å². The van der Waals surface area contributed by atoms with Crippen LogP contribution in [0.4, 0.5) is 0 Å². The molecular formula is C16H23N5O. The first kappa shape index (κ1) is 14.8. The topological polar surface area (TPSA) is 56.0 Å². The van der Waals surface area contributed by atoms with Crippen LogP contribution in [-0.2, 0) is 13.6 Å². The summed E-state index contributed by atoms with van der Waals surface area (Å²) in [6, 6.07) is 0. The predicted octanol–water partition coefficient (Wildman–Crippen LogP) is 1.88. The van der Waals surface area contributed by atoms with Crippen molar-refractivity contribution in [2.75, 3.05) is 13.1 Å². The van der Waals surface area contributed by atoms with Gasteiger partial charge in [0.05, 0.1) is 17.0 Å². The highest BCUT2D eigenvalue weighted by Gasteiger charge is 2.31. The molecule has 2 aromatic rings. The van der Waals surface area contributed by atoms with Gasteiger partial charge in [-0.15, -0.1) is 0 Å². The lowest BCUT2D eigenvalue weighted by Crippen LogP contribution is -2.29. The zero-order valence-electron chi connectivity index (χ0n) is 13.7. The van der Waals surface area contributed by atoms with Crippen LogP contribution in [-0.4, -0.2) is 43.2 Å². The lowest BCUT2D eigenvalue weighted by molar-refractivity contribution is 0.0789. The van der Waals surface area contributed by atoms with E-state index in [-0.39, 0.29) is 5.91 Å². The Hall–Kier alpha value is -2.11. The SMILES string of the molecule is CCn1cc(C(=O)N2CC[C@@H](c3nc(C)cn3C)C2)c(C)n1. The molecule has 0 radical (unpaired) electrons. The third kappa shape index (κ3) is 2.53. The van der Waals surface area contributed by atoms with Crippen molar-refractivity contribution >= 4 is 5.91 Å². The highest BCUT2D eigenvalue weighted by molar-refractivity contribution is 5.95. The van der Waals surface area contributed by atoms with Crippen LogP contribution in [0.15, 0.2) is 12.4 Å². The molecule has 0 aromatic carbocycles. The average Bonchev–Trinajstić information content (AvgIpc) is 3.16. The molecule has 0 N–H and O–H groups in total.